The third-order valence-corrected chi connectivity index (χ3v) is 8.71. The van der Waals surface area contributed by atoms with Crippen molar-refractivity contribution in [2.75, 3.05) is 6.54 Å². The van der Waals surface area contributed by atoms with E-state index in [4.69, 9.17) is 34.8 Å². The van der Waals surface area contributed by atoms with E-state index in [9.17, 15) is 28.2 Å². The molecule has 1 aliphatic carbocycles. The van der Waals surface area contributed by atoms with Gasteiger partial charge in [-0.05, 0) is 65.6 Å². The summed E-state index contributed by atoms with van der Waals surface area (Å²) in [6.45, 7) is -1.04. The molecule has 1 fully saturated rings. The second kappa shape index (κ2) is 9.44. The number of carbonyl (C=O) groups is 2. The van der Waals surface area contributed by atoms with Crippen LogP contribution in [-0.4, -0.2) is 47.0 Å². The van der Waals surface area contributed by atoms with E-state index in [0.717, 1.165) is 5.56 Å². The first-order chi connectivity index (χ1) is 16.5. The summed E-state index contributed by atoms with van der Waals surface area (Å²) < 4.78 is 27.7. The summed E-state index contributed by atoms with van der Waals surface area (Å²) >= 11 is 18.2. The van der Waals surface area contributed by atoms with Gasteiger partial charge in [0.2, 0.25) is 10.0 Å². The fourth-order valence-corrected chi connectivity index (χ4v) is 6.45. The van der Waals surface area contributed by atoms with Gasteiger partial charge in [-0.15, -0.1) is 0 Å². The van der Waals surface area contributed by atoms with E-state index < -0.39 is 40.0 Å². The van der Waals surface area contributed by atoms with Gasteiger partial charge in [-0.2, -0.15) is 4.31 Å². The summed E-state index contributed by atoms with van der Waals surface area (Å²) in [7, 11) is -4.53. The summed E-state index contributed by atoms with van der Waals surface area (Å²) in [4.78, 5) is 23.9. The van der Waals surface area contributed by atoms with Crippen LogP contribution in [0.5, 0.6) is 0 Å². The molecule has 3 aromatic carbocycles. The van der Waals surface area contributed by atoms with Crippen molar-refractivity contribution in [3.05, 3.63) is 87.4 Å². The van der Waals surface area contributed by atoms with Crippen molar-refractivity contribution in [1.29, 1.82) is 0 Å². The Labute approximate surface area is 216 Å². The molecule has 35 heavy (non-hydrogen) atoms. The van der Waals surface area contributed by atoms with E-state index in [1.165, 1.54) is 30.3 Å². The zero-order valence-corrected chi connectivity index (χ0v) is 20.9. The molecule has 1 aliphatic rings. The van der Waals surface area contributed by atoms with Crippen molar-refractivity contribution in [3.63, 3.8) is 0 Å². The van der Waals surface area contributed by atoms with Gasteiger partial charge >= 0.3 is 11.9 Å². The fraction of sp³-hybridized carbons (Fsp3) is 0.167. The van der Waals surface area contributed by atoms with Gasteiger partial charge in [-0.1, -0.05) is 59.1 Å². The topological polar surface area (TPSA) is 112 Å². The lowest BCUT2D eigenvalue weighted by molar-refractivity contribution is -0.145. The second-order valence-corrected chi connectivity index (χ2v) is 11.2. The van der Waals surface area contributed by atoms with Crippen LogP contribution in [0, 0.1) is 0 Å². The fourth-order valence-electron chi connectivity index (χ4n) is 4.17. The predicted molar refractivity (Wildman–Crippen MR) is 133 cm³/mol. The number of rotatable bonds is 8. The van der Waals surface area contributed by atoms with E-state index in [1.54, 1.807) is 36.4 Å². The zero-order valence-electron chi connectivity index (χ0n) is 17.9. The molecule has 182 valence electrons. The molecule has 11 heteroatoms. The van der Waals surface area contributed by atoms with E-state index in [-0.39, 0.29) is 16.3 Å². The van der Waals surface area contributed by atoms with Crippen molar-refractivity contribution in [2.45, 2.75) is 22.8 Å². The molecule has 2 atom stereocenters. The normalized spacial score (nSPS) is 19.5. The molecule has 0 bridgehead atoms. The highest BCUT2D eigenvalue weighted by atomic mass is 35.5. The Kier molecular flexibility index (Phi) is 6.87. The molecule has 2 unspecified atom stereocenters. The number of hydrogen-bond donors (Lipinski definition) is 2. The van der Waals surface area contributed by atoms with Crippen LogP contribution in [0.1, 0.15) is 17.9 Å². The van der Waals surface area contributed by atoms with Gasteiger partial charge in [-0.3, -0.25) is 9.59 Å². The van der Waals surface area contributed by atoms with Crippen LogP contribution in [0.15, 0.2) is 71.6 Å². The van der Waals surface area contributed by atoms with Gasteiger partial charge in [0.25, 0.3) is 0 Å². The van der Waals surface area contributed by atoms with Crippen molar-refractivity contribution in [2.24, 2.45) is 0 Å². The summed E-state index contributed by atoms with van der Waals surface area (Å²) in [5, 5.41) is 20.7. The highest BCUT2D eigenvalue weighted by Gasteiger charge is 2.68. The molecular weight excluding hydrogens is 537 g/mol. The Balaban J connectivity index is 1.75. The molecule has 0 heterocycles. The molecule has 0 amide bonds. The molecule has 1 saturated carbocycles. The van der Waals surface area contributed by atoms with E-state index in [0.29, 0.717) is 25.5 Å². The van der Waals surface area contributed by atoms with Gasteiger partial charge in [0.05, 0.1) is 4.90 Å². The molecule has 3 aromatic rings. The van der Waals surface area contributed by atoms with Gasteiger partial charge in [0.15, 0.2) is 0 Å². The van der Waals surface area contributed by atoms with Crippen LogP contribution in [0.3, 0.4) is 0 Å². The number of sulfonamides is 1. The minimum Gasteiger partial charge on any atom is -0.480 e. The van der Waals surface area contributed by atoms with Crippen LogP contribution < -0.4 is 0 Å². The lowest BCUT2D eigenvalue weighted by Crippen LogP contribution is -2.50. The van der Waals surface area contributed by atoms with E-state index >= 15 is 0 Å². The highest BCUT2D eigenvalue weighted by Crippen LogP contribution is 2.58. The van der Waals surface area contributed by atoms with Crippen molar-refractivity contribution in [1.82, 2.24) is 4.31 Å². The maximum Gasteiger partial charge on any atom is 0.325 e. The van der Waals surface area contributed by atoms with Gasteiger partial charge in [0, 0.05) is 21.0 Å². The predicted octanol–water partition coefficient (Wildman–Crippen LogP) is 5.40. The van der Waals surface area contributed by atoms with Crippen LogP contribution in [0.25, 0.3) is 11.1 Å². The molecule has 0 aliphatic heterocycles. The van der Waals surface area contributed by atoms with Crippen LogP contribution >= 0.6 is 34.8 Å². The third kappa shape index (κ3) is 4.77. The Morgan fingerprint density at radius 1 is 0.886 bits per heavy atom. The smallest absolute Gasteiger partial charge is 0.325 e. The van der Waals surface area contributed by atoms with Crippen LogP contribution in [0.4, 0.5) is 0 Å². The quantitative estimate of drug-likeness (QED) is 0.386. The number of aliphatic carboxylic acids is 2. The summed E-state index contributed by atoms with van der Waals surface area (Å²) in [5.74, 6) is -3.84. The summed E-state index contributed by atoms with van der Waals surface area (Å²) in [5.41, 5.74) is -0.195. The summed E-state index contributed by atoms with van der Waals surface area (Å²) in [6, 6.07) is 17.1. The summed E-state index contributed by atoms with van der Waals surface area (Å²) in [6.07, 6.45) is -0.155. The Morgan fingerprint density at radius 2 is 1.43 bits per heavy atom. The van der Waals surface area contributed by atoms with E-state index in [1.807, 2.05) is 0 Å². The third-order valence-electron chi connectivity index (χ3n) is 5.98. The highest BCUT2D eigenvalue weighted by molar-refractivity contribution is 7.89. The number of hydrogen-bond acceptors (Lipinski definition) is 4. The number of benzene rings is 3. The molecule has 0 aromatic heterocycles. The monoisotopic (exact) mass is 553 g/mol. The van der Waals surface area contributed by atoms with E-state index in [2.05, 4.69) is 0 Å². The molecular formula is C24H18Cl3NO6S. The Bertz CT molecular complexity index is 1410. The Morgan fingerprint density at radius 3 is 1.97 bits per heavy atom. The maximum absolute atomic E-state index is 13.6. The number of carboxylic acids is 2. The maximum atomic E-state index is 13.6. The largest absolute Gasteiger partial charge is 0.480 e. The molecule has 2 N–H and O–H groups in total. The molecule has 4 rings (SSSR count). The number of carboxylic acid groups (broad SMARTS) is 2. The zero-order chi connectivity index (χ0) is 25.5. The minimum absolute atomic E-state index is 0.155. The van der Waals surface area contributed by atoms with Gasteiger partial charge < -0.3 is 10.2 Å². The van der Waals surface area contributed by atoms with Gasteiger partial charge in [-0.25, -0.2) is 8.42 Å². The number of nitrogens with zero attached hydrogens (tertiary/aromatic N) is 1. The molecule has 0 saturated heterocycles. The SMILES string of the molecule is O=C(O)CN(C1(C(=O)O)CC1c1cc(Cl)ccc1Cl)S(=O)(=O)c1ccc(-c2ccc(Cl)cc2)cc1. The molecule has 0 spiro atoms. The standard InChI is InChI=1S/C24H18Cl3NO6S/c25-16-5-1-14(2-6-16)15-3-8-18(9-4-15)35(33,34)28(13-22(29)30)24(23(31)32)12-20(24)19-11-17(26)7-10-21(19)27/h1-11,20H,12-13H2,(H,29,30)(H,31,32). The van der Waals surface area contributed by atoms with Crippen molar-refractivity contribution >= 4 is 56.8 Å². The lowest BCUT2D eigenvalue weighted by Gasteiger charge is -2.28. The first-order valence-corrected chi connectivity index (χ1v) is 12.8. The van der Waals surface area contributed by atoms with Crippen molar-refractivity contribution < 1.29 is 28.2 Å². The number of halogens is 3. The first kappa shape index (κ1) is 25.5. The van der Waals surface area contributed by atoms with Crippen molar-refractivity contribution in [3.8, 4) is 11.1 Å². The first-order valence-electron chi connectivity index (χ1n) is 10.3. The van der Waals surface area contributed by atoms with Crippen LogP contribution in [-0.2, 0) is 19.6 Å². The average Bonchev–Trinajstić information content (AvgIpc) is 3.56. The lowest BCUT2D eigenvalue weighted by atomic mass is 10.1. The Hall–Kier alpha value is -2.62. The van der Waals surface area contributed by atoms with Crippen LogP contribution in [0.2, 0.25) is 15.1 Å². The molecule has 7 nitrogen and oxygen atoms in total. The minimum atomic E-state index is -4.53. The van der Waals surface area contributed by atoms with Gasteiger partial charge in [0.1, 0.15) is 12.1 Å². The molecule has 0 radical (unpaired) electrons. The second-order valence-electron chi connectivity index (χ2n) is 8.09. The average molecular weight is 555 g/mol.